The minimum Gasteiger partial charge on any atom is -0.405 e. The molecule has 0 amide bonds. The van der Waals surface area contributed by atoms with Crippen LogP contribution in [0.3, 0.4) is 0 Å². The third kappa shape index (κ3) is 2.35. The first-order valence-corrected chi connectivity index (χ1v) is 4.73. The predicted molar refractivity (Wildman–Crippen MR) is 58.1 cm³/mol. The highest BCUT2D eigenvalue weighted by molar-refractivity contribution is 5.42. The van der Waals surface area contributed by atoms with Gasteiger partial charge in [0, 0.05) is 5.92 Å². The molecule has 70 valence electrons. The summed E-state index contributed by atoms with van der Waals surface area (Å²) in [5.74, 6) is 0.557. The molecule has 0 saturated carbocycles. The number of allylic oxidation sites excluding steroid dienone is 7. The zero-order valence-electron chi connectivity index (χ0n) is 8.33. The Balaban J connectivity index is 2.90. The molecular formula is C12H17N. The normalized spacial score (nSPS) is 25.5. The molecule has 1 nitrogen and oxygen atoms in total. The largest absolute Gasteiger partial charge is 0.405 e. The van der Waals surface area contributed by atoms with Gasteiger partial charge in [-0.25, -0.2) is 0 Å². The molecule has 0 aliphatic heterocycles. The van der Waals surface area contributed by atoms with Gasteiger partial charge in [0.25, 0.3) is 0 Å². The van der Waals surface area contributed by atoms with Crippen LogP contribution in [-0.2, 0) is 0 Å². The average Bonchev–Trinajstić information content (AvgIpc) is 2.15. The van der Waals surface area contributed by atoms with Gasteiger partial charge in [-0.1, -0.05) is 31.2 Å². The summed E-state index contributed by atoms with van der Waals surface area (Å²) in [5.41, 5.74) is 8.04. The Hall–Kier alpha value is -1.24. The second-order valence-electron chi connectivity index (χ2n) is 3.26. The highest BCUT2D eigenvalue weighted by atomic mass is 14.5. The molecule has 13 heavy (non-hydrogen) atoms. The van der Waals surface area contributed by atoms with Crippen molar-refractivity contribution in [2.24, 2.45) is 11.7 Å². The number of rotatable bonds is 2. The first-order valence-electron chi connectivity index (χ1n) is 4.73. The van der Waals surface area contributed by atoms with E-state index in [0.29, 0.717) is 5.92 Å². The van der Waals surface area contributed by atoms with Crippen molar-refractivity contribution in [2.45, 2.75) is 20.3 Å². The Labute approximate surface area is 80.3 Å². The van der Waals surface area contributed by atoms with Crippen molar-refractivity contribution in [3.05, 3.63) is 47.7 Å². The van der Waals surface area contributed by atoms with E-state index in [-0.39, 0.29) is 0 Å². The first kappa shape index (κ1) is 9.85. The smallest absolute Gasteiger partial charge is 0.00211 e. The molecule has 0 bridgehead atoms. The van der Waals surface area contributed by atoms with Gasteiger partial charge in [0.1, 0.15) is 0 Å². The summed E-state index contributed by atoms with van der Waals surface area (Å²) in [7, 11) is 0. The van der Waals surface area contributed by atoms with E-state index in [1.165, 1.54) is 11.1 Å². The molecule has 0 spiro atoms. The Morgan fingerprint density at radius 1 is 1.54 bits per heavy atom. The molecule has 0 saturated heterocycles. The molecule has 1 heteroatoms. The zero-order valence-corrected chi connectivity index (χ0v) is 8.33. The van der Waals surface area contributed by atoms with Crippen molar-refractivity contribution in [3.63, 3.8) is 0 Å². The first-order chi connectivity index (χ1) is 6.29. The molecule has 1 aliphatic rings. The molecule has 0 aromatic carbocycles. The molecule has 2 N–H and O–H groups in total. The number of nitrogens with two attached hydrogens (primary N) is 1. The summed E-state index contributed by atoms with van der Waals surface area (Å²) in [5, 5.41) is 0. The maximum absolute atomic E-state index is 5.32. The third-order valence-corrected chi connectivity index (χ3v) is 2.37. The van der Waals surface area contributed by atoms with Crippen LogP contribution in [0.25, 0.3) is 0 Å². The van der Waals surface area contributed by atoms with Gasteiger partial charge in [0.05, 0.1) is 0 Å². The van der Waals surface area contributed by atoms with Gasteiger partial charge in [0.15, 0.2) is 0 Å². The monoisotopic (exact) mass is 175 g/mol. The van der Waals surface area contributed by atoms with E-state index in [9.17, 15) is 0 Å². The summed E-state index contributed by atoms with van der Waals surface area (Å²) >= 11 is 0. The lowest BCUT2D eigenvalue weighted by atomic mass is 9.87. The van der Waals surface area contributed by atoms with Crippen LogP contribution in [-0.4, -0.2) is 0 Å². The van der Waals surface area contributed by atoms with E-state index in [4.69, 9.17) is 5.73 Å². The van der Waals surface area contributed by atoms with E-state index in [1.54, 1.807) is 6.20 Å². The van der Waals surface area contributed by atoms with Crippen molar-refractivity contribution in [1.29, 1.82) is 0 Å². The fourth-order valence-corrected chi connectivity index (χ4v) is 1.60. The van der Waals surface area contributed by atoms with Crippen molar-refractivity contribution in [1.82, 2.24) is 0 Å². The maximum atomic E-state index is 5.32. The predicted octanol–water partition coefficient (Wildman–Crippen LogP) is 2.93. The fraction of sp³-hybridized carbons (Fsp3) is 0.333. The van der Waals surface area contributed by atoms with Gasteiger partial charge in [-0.05, 0) is 36.8 Å². The lowest BCUT2D eigenvalue weighted by Crippen LogP contribution is -2.03. The Morgan fingerprint density at radius 3 is 2.92 bits per heavy atom. The zero-order chi connectivity index (χ0) is 9.68. The molecule has 0 fully saturated rings. The second kappa shape index (κ2) is 4.70. The van der Waals surface area contributed by atoms with Crippen molar-refractivity contribution >= 4 is 0 Å². The quantitative estimate of drug-likeness (QED) is 0.686. The topological polar surface area (TPSA) is 26.0 Å². The summed E-state index contributed by atoms with van der Waals surface area (Å²) < 4.78 is 0. The molecule has 1 aliphatic carbocycles. The van der Waals surface area contributed by atoms with Crippen LogP contribution in [0.4, 0.5) is 0 Å². The Bertz CT molecular complexity index is 279. The average molecular weight is 175 g/mol. The van der Waals surface area contributed by atoms with Crippen molar-refractivity contribution in [2.75, 3.05) is 0 Å². The third-order valence-electron chi connectivity index (χ3n) is 2.37. The van der Waals surface area contributed by atoms with E-state index in [0.717, 1.165) is 6.42 Å². The van der Waals surface area contributed by atoms with Gasteiger partial charge >= 0.3 is 0 Å². The van der Waals surface area contributed by atoms with Crippen LogP contribution < -0.4 is 5.73 Å². The molecular weight excluding hydrogens is 158 g/mol. The molecule has 1 unspecified atom stereocenters. The maximum Gasteiger partial charge on any atom is 0.00211 e. The van der Waals surface area contributed by atoms with Crippen LogP contribution in [0.15, 0.2) is 47.7 Å². The Kier molecular flexibility index (Phi) is 3.56. The van der Waals surface area contributed by atoms with Crippen LogP contribution in [0.1, 0.15) is 20.3 Å². The van der Waals surface area contributed by atoms with Crippen LogP contribution in [0.5, 0.6) is 0 Å². The highest BCUT2D eigenvalue weighted by Gasteiger charge is 2.12. The van der Waals surface area contributed by atoms with Gasteiger partial charge in [-0.3, -0.25) is 0 Å². The SMILES string of the molecule is CCC1C=CC=C(C)/C1=C/C=C\N. The molecule has 0 heterocycles. The summed E-state index contributed by atoms with van der Waals surface area (Å²) in [6.07, 6.45) is 13.2. The Morgan fingerprint density at radius 2 is 2.31 bits per heavy atom. The second-order valence-corrected chi connectivity index (χ2v) is 3.26. The molecule has 0 radical (unpaired) electrons. The van der Waals surface area contributed by atoms with Gasteiger partial charge in [-0.2, -0.15) is 0 Å². The van der Waals surface area contributed by atoms with Crippen molar-refractivity contribution < 1.29 is 0 Å². The van der Waals surface area contributed by atoms with Crippen LogP contribution in [0, 0.1) is 5.92 Å². The number of hydrogen-bond donors (Lipinski definition) is 1. The minimum atomic E-state index is 0.557. The highest BCUT2D eigenvalue weighted by Crippen LogP contribution is 2.27. The fourth-order valence-electron chi connectivity index (χ4n) is 1.60. The van der Waals surface area contributed by atoms with Crippen LogP contribution in [0.2, 0.25) is 0 Å². The summed E-state index contributed by atoms with van der Waals surface area (Å²) in [6, 6.07) is 0. The standard InChI is InChI=1S/C12H17N/c1-3-11-7-4-6-10(2)12(11)8-5-9-13/h4-9,11H,3,13H2,1-2H3/b9-5-,12-8-. The van der Waals surface area contributed by atoms with Gasteiger partial charge < -0.3 is 5.73 Å². The molecule has 0 aromatic heterocycles. The van der Waals surface area contributed by atoms with E-state index in [1.807, 2.05) is 6.08 Å². The minimum absolute atomic E-state index is 0.557. The van der Waals surface area contributed by atoms with Crippen molar-refractivity contribution in [3.8, 4) is 0 Å². The lowest BCUT2D eigenvalue weighted by Gasteiger charge is -2.18. The molecule has 1 rings (SSSR count). The van der Waals surface area contributed by atoms with E-state index >= 15 is 0 Å². The molecule has 0 aromatic rings. The van der Waals surface area contributed by atoms with Gasteiger partial charge in [-0.15, -0.1) is 0 Å². The molecule has 1 atom stereocenters. The number of hydrogen-bond acceptors (Lipinski definition) is 1. The van der Waals surface area contributed by atoms with Crippen LogP contribution >= 0.6 is 0 Å². The lowest BCUT2D eigenvalue weighted by molar-refractivity contribution is 0.728. The van der Waals surface area contributed by atoms with E-state index < -0.39 is 0 Å². The summed E-state index contributed by atoms with van der Waals surface area (Å²) in [4.78, 5) is 0. The van der Waals surface area contributed by atoms with E-state index in [2.05, 4.69) is 38.2 Å². The van der Waals surface area contributed by atoms with Gasteiger partial charge in [0.2, 0.25) is 0 Å². The summed E-state index contributed by atoms with van der Waals surface area (Å²) in [6.45, 7) is 4.34.